The summed E-state index contributed by atoms with van der Waals surface area (Å²) in [5, 5.41) is -0.620. The second-order valence-electron chi connectivity index (χ2n) is 3.64. The Balaban J connectivity index is 2.61. The van der Waals surface area contributed by atoms with Gasteiger partial charge in [-0.05, 0) is 41.5 Å². The highest BCUT2D eigenvalue weighted by Gasteiger charge is 2.11. The average molecular weight is 271 g/mol. The SMILES string of the molecule is O=Cc1cc(F)cc(-c2cc(F)c(Cl)c(F)c2)c1. The van der Waals surface area contributed by atoms with Gasteiger partial charge in [0.15, 0.2) is 0 Å². The molecule has 0 bridgehead atoms. The number of hydrogen-bond acceptors (Lipinski definition) is 1. The predicted molar refractivity (Wildman–Crippen MR) is 62.1 cm³/mol. The molecule has 0 heterocycles. The van der Waals surface area contributed by atoms with Gasteiger partial charge in [0.05, 0.1) is 0 Å². The van der Waals surface area contributed by atoms with E-state index in [1.165, 1.54) is 6.07 Å². The highest BCUT2D eigenvalue weighted by atomic mass is 35.5. The van der Waals surface area contributed by atoms with Crippen LogP contribution in [0.3, 0.4) is 0 Å². The van der Waals surface area contributed by atoms with Crippen molar-refractivity contribution in [1.82, 2.24) is 0 Å². The summed E-state index contributed by atoms with van der Waals surface area (Å²) in [5.74, 6) is -2.54. The van der Waals surface area contributed by atoms with Crippen LogP contribution in [0.25, 0.3) is 11.1 Å². The zero-order valence-corrected chi connectivity index (χ0v) is 9.64. The molecule has 2 aromatic carbocycles. The zero-order chi connectivity index (χ0) is 13.3. The van der Waals surface area contributed by atoms with Crippen LogP contribution in [-0.4, -0.2) is 6.29 Å². The normalized spacial score (nSPS) is 10.4. The van der Waals surface area contributed by atoms with Gasteiger partial charge in [-0.15, -0.1) is 0 Å². The van der Waals surface area contributed by atoms with Gasteiger partial charge in [-0.25, -0.2) is 13.2 Å². The maximum Gasteiger partial charge on any atom is 0.150 e. The minimum absolute atomic E-state index is 0.0840. The molecule has 0 N–H and O–H groups in total. The fraction of sp³-hybridized carbons (Fsp3) is 0. The third-order valence-electron chi connectivity index (χ3n) is 2.37. The van der Waals surface area contributed by atoms with Gasteiger partial charge >= 0.3 is 0 Å². The molecule has 1 nitrogen and oxygen atoms in total. The lowest BCUT2D eigenvalue weighted by atomic mass is 10.0. The van der Waals surface area contributed by atoms with E-state index in [0.717, 1.165) is 24.3 Å². The summed E-state index contributed by atoms with van der Waals surface area (Å²) in [4.78, 5) is 10.6. The molecule has 0 saturated heterocycles. The Morgan fingerprint density at radius 2 is 1.44 bits per heavy atom. The van der Waals surface area contributed by atoms with E-state index in [9.17, 15) is 18.0 Å². The van der Waals surface area contributed by atoms with E-state index >= 15 is 0 Å². The molecular formula is C13H6ClF3O. The second-order valence-corrected chi connectivity index (χ2v) is 4.02. The number of aldehydes is 1. The molecule has 2 aromatic rings. The van der Waals surface area contributed by atoms with Crippen molar-refractivity contribution < 1.29 is 18.0 Å². The average Bonchev–Trinajstić information content (AvgIpc) is 2.34. The van der Waals surface area contributed by atoms with E-state index in [-0.39, 0.29) is 16.7 Å². The summed E-state index contributed by atoms with van der Waals surface area (Å²) in [5.41, 5.74) is 0.393. The van der Waals surface area contributed by atoms with E-state index in [2.05, 4.69) is 0 Å². The first-order valence-electron chi connectivity index (χ1n) is 4.92. The number of carbonyl (C=O) groups excluding carboxylic acids is 1. The fourth-order valence-electron chi connectivity index (χ4n) is 1.57. The van der Waals surface area contributed by atoms with E-state index in [0.29, 0.717) is 6.29 Å². The molecule has 0 aromatic heterocycles. The van der Waals surface area contributed by atoms with Crippen LogP contribution in [0.4, 0.5) is 13.2 Å². The molecule has 0 spiro atoms. The highest BCUT2D eigenvalue weighted by Crippen LogP contribution is 2.28. The number of hydrogen-bond donors (Lipinski definition) is 0. The van der Waals surface area contributed by atoms with Crippen molar-refractivity contribution in [1.29, 1.82) is 0 Å². The topological polar surface area (TPSA) is 17.1 Å². The van der Waals surface area contributed by atoms with E-state index in [1.807, 2.05) is 0 Å². The zero-order valence-electron chi connectivity index (χ0n) is 8.88. The molecule has 0 aliphatic carbocycles. The summed E-state index contributed by atoms with van der Waals surface area (Å²) in [6.45, 7) is 0. The lowest BCUT2D eigenvalue weighted by Crippen LogP contribution is -1.90. The maximum atomic E-state index is 13.3. The molecule has 92 valence electrons. The number of rotatable bonds is 2. The molecule has 0 unspecified atom stereocenters. The Morgan fingerprint density at radius 1 is 0.889 bits per heavy atom. The highest BCUT2D eigenvalue weighted by molar-refractivity contribution is 6.31. The predicted octanol–water partition coefficient (Wildman–Crippen LogP) is 4.24. The lowest BCUT2D eigenvalue weighted by Gasteiger charge is -2.05. The van der Waals surface area contributed by atoms with E-state index in [4.69, 9.17) is 11.6 Å². The van der Waals surface area contributed by atoms with Gasteiger partial charge in [-0.3, -0.25) is 4.79 Å². The summed E-state index contributed by atoms with van der Waals surface area (Å²) in [7, 11) is 0. The lowest BCUT2D eigenvalue weighted by molar-refractivity contribution is 0.112. The summed E-state index contributed by atoms with van der Waals surface area (Å²) in [6, 6.07) is 5.40. The van der Waals surface area contributed by atoms with Crippen molar-refractivity contribution in [2.24, 2.45) is 0 Å². The van der Waals surface area contributed by atoms with Crippen LogP contribution in [0, 0.1) is 17.5 Å². The molecule has 0 aliphatic heterocycles. The van der Waals surface area contributed by atoms with Crippen molar-refractivity contribution in [2.45, 2.75) is 0 Å². The van der Waals surface area contributed by atoms with Gasteiger partial charge in [0.1, 0.15) is 28.8 Å². The standard InChI is InChI=1S/C13H6ClF3O/c14-13-11(16)4-9(5-12(13)17)8-1-7(6-18)2-10(15)3-8/h1-6H. The monoisotopic (exact) mass is 270 g/mol. The number of carbonyl (C=O) groups is 1. The first-order chi connectivity index (χ1) is 8.51. The van der Waals surface area contributed by atoms with Crippen LogP contribution in [0.1, 0.15) is 10.4 Å². The second kappa shape index (κ2) is 4.82. The van der Waals surface area contributed by atoms with Crippen LogP contribution in [0.5, 0.6) is 0 Å². The smallest absolute Gasteiger partial charge is 0.150 e. The molecule has 18 heavy (non-hydrogen) atoms. The molecular weight excluding hydrogens is 265 g/mol. The quantitative estimate of drug-likeness (QED) is 0.589. The molecule has 0 atom stereocenters. The summed E-state index contributed by atoms with van der Waals surface area (Å²) < 4.78 is 39.8. The minimum Gasteiger partial charge on any atom is -0.298 e. The first-order valence-corrected chi connectivity index (χ1v) is 5.30. The third kappa shape index (κ3) is 2.38. The van der Waals surface area contributed by atoms with Crippen molar-refractivity contribution in [2.75, 3.05) is 0 Å². The first kappa shape index (κ1) is 12.6. The van der Waals surface area contributed by atoms with Crippen LogP contribution >= 0.6 is 11.6 Å². The van der Waals surface area contributed by atoms with Gasteiger partial charge in [0.25, 0.3) is 0 Å². The molecule has 5 heteroatoms. The van der Waals surface area contributed by atoms with Crippen LogP contribution in [0.15, 0.2) is 30.3 Å². The van der Waals surface area contributed by atoms with Gasteiger partial charge in [0, 0.05) is 5.56 Å². The Labute approximate surface area is 106 Å². The summed E-state index contributed by atoms with van der Waals surface area (Å²) >= 11 is 5.35. The fourth-order valence-corrected chi connectivity index (χ4v) is 1.68. The molecule has 0 saturated carbocycles. The van der Waals surface area contributed by atoms with E-state index in [1.54, 1.807) is 0 Å². The maximum absolute atomic E-state index is 13.3. The Morgan fingerprint density at radius 3 is 2.00 bits per heavy atom. The minimum atomic E-state index is -0.941. The Hall–Kier alpha value is -1.81. The van der Waals surface area contributed by atoms with Gasteiger partial charge in [-0.1, -0.05) is 11.6 Å². The summed E-state index contributed by atoms with van der Waals surface area (Å²) in [6.07, 6.45) is 0.454. The van der Waals surface area contributed by atoms with Crippen LogP contribution in [-0.2, 0) is 0 Å². The van der Waals surface area contributed by atoms with Gasteiger partial charge in [-0.2, -0.15) is 0 Å². The van der Waals surface area contributed by atoms with Gasteiger partial charge < -0.3 is 0 Å². The van der Waals surface area contributed by atoms with Crippen molar-refractivity contribution in [3.05, 3.63) is 58.4 Å². The Kier molecular flexibility index (Phi) is 3.39. The number of benzene rings is 2. The van der Waals surface area contributed by atoms with Gasteiger partial charge in [0.2, 0.25) is 0 Å². The van der Waals surface area contributed by atoms with Crippen molar-refractivity contribution >= 4 is 17.9 Å². The largest absolute Gasteiger partial charge is 0.298 e. The molecule has 0 amide bonds. The molecule has 0 aliphatic rings. The van der Waals surface area contributed by atoms with Crippen LogP contribution < -0.4 is 0 Å². The Bertz CT molecular complexity index is 603. The van der Waals surface area contributed by atoms with Crippen molar-refractivity contribution in [3.8, 4) is 11.1 Å². The molecule has 2 rings (SSSR count). The third-order valence-corrected chi connectivity index (χ3v) is 2.73. The molecule has 0 fully saturated rings. The van der Waals surface area contributed by atoms with Crippen LogP contribution in [0.2, 0.25) is 5.02 Å². The number of halogens is 4. The van der Waals surface area contributed by atoms with Crippen molar-refractivity contribution in [3.63, 3.8) is 0 Å². The van der Waals surface area contributed by atoms with E-state index < -0.39 is 22.5 Å². The molecule has 0 radical (unpaired) electrons.